The van der Waals surface area contributed by atoms with Crippen LogP contribution in [0.5, 0.6) is 0 Å². The third-order valence-electron chi connectivity index (χ3n) is 4.56. The van der Waals surface area contributed by atoms with Crippen LogP contribution in [0.3, 0.4) is 0 Å². The molecule has 0 aliphatic carbocycles. The highest BCUT2D eigenvalue weighted by molar-refractivity contribution is 5.70. The smallest absolute Gasteiger partial charge is 0.419 e. The van der Waals surface area contributed by atoms with Crippen LogP contribution in [0.1, 0.15) is 32.9 Å². The Balaban J connectivity index is 1.96. The minimum Gasteiger partial charge on any atom is -0.440 e. The summed E-state index contributed by atoms with van der Waals surface area (Å²) in [6.45, 7) is 6.34. The highest BCUT2D eigenvalue weighted by Gasteiger charge is 2.35. The lowest BCUT2D eigenvalue weighted by molar-refractivity contribution is -0.393. The first-order chi connectivity index (χ1) is 16.7. The molecule has 0 fully saturated rings. The summed E-state index contributed by atoms with van der Waals surface area (Å²) in [7, 11) is 0. The summed E-state index contributed by atoms with van der Waals surface area (Å²) < 4.78 is 23.2. The predicted molar refractivity (Wildman–Crippen MR) is 123 cm³/mol. The molecule has 2 rings (SSSR count). The van der Waals surface area contributed by atoms with E-state index in [0.717, 1.165) is 17.1 Å². The van der Waals surface area contributed by atoms with Crippen molar-refractivity contribution < 1.29 is 33.6 Å². The van der Waals surface area contributed by atoms with Gasteiger partial charge in [-0.2, -0.15) is 0 Å². The van der Waals surface area contributed by atoms with E-state index in [2.05, 4.69) is 10.3 Å². The molecule has 0 radical (unpaired) electrons. The lowest BCUT2D eigenvalue weighted by Gasteiger charge is -2.31. The number of nitrogens with zero attached hydrogens (tertiary/aromatic N) is 4. The molecule has 14 nitrogen and oxygen atoms in total. The van der Waals surface area contributed by atoms with Gasteiger partial charge in [0.25, 0.3) is 11.4 Å². The summed E-state index contributed by atoms with van der Waals surface area (Å²) in [5.74, 6) is -1.50. The van der Waals surface area contributed by atoms with Gasteiger partial charge in [-0.15, -0.1) is 0 Å². The number of rotatable bonds is 15. The van der Waals surface area contributed by atoms with Gasteiger partial charge in [0.1, 0.15) is 12.0 Å². The standard InChI is InChI=1S/C21H29N5O9/c1-4-11-35-21(33-5-2,34-6-3)14-32-20(27)24-13-16(23-15-24)9-10-22-18-8-7-17(25(28)29)12-19(18)26(30)31/h7-8,12-13,15,22H,4-6,9-11,14H2,1-3H3. The minimum absolute atomic E-state index is 0.134. The third kappa shape index (κ3) is 7.98. The van der Waals surface area contributed by atoms with E-state index in [1.807, 2.05) is 6.92 Å². The summed E-state index contributed by atoms with van der Waals surface area (Å²) >= 11 is 0. The molecule has 1 N–H and O–H groups in total. The van der Waals surface area contributed by atoms with E-state index < -0.39 is 27.6 Å². The summed E-state index contributed by atoms with van der Waals surface area (Å²) in [6, 6.07) is 3.34. The molecule has 0 unspecified atom stereocenters. The molecule has 192 valence electrons. The first-order valence-electron chi connectivity index (χ1n) is 11.0. The molecule has 1 aromatic carbocycles. The number of hydrogen-bond acceptors (Lipinski definition) is 11. The van der Waals surface area contributed by atoms with Crippen LogP contribution < -0.4 is 5.32 Å². The van der Waals surface area contributed by atoms with Crippen molar-refractivity contribution in [2.75, 3.05) is 38.3 Å². The van der Waals surface area contributed by atoms with Gasteiger partial charge in [-0.25, -0.2) is 14.3 Å². The van der Waals surface area contributed by atoms with Crippen molar-refractivity contribution in [1.82, 2.24) is 9.55 Å². The fraction of sp³-hybridized carbons (Fsp3) is 0.524. The van der Waals surface area contributed by atoms with E-state index in [0.29, 0.717) is 18.7 Å². The van der Waals surface area contributed by atoms with E-state index in [1.54, 1.807) is 13.8 Å². The maximum absolute atomic E-state index is 12.5. The number of non-ortho nitro benzene ring substituents is 1. The zero-order valence-electron chi connectivity index (χ0n) is 19.8. The topological polar surface area (TPSA) is 170 Å². The number of nitro groups is 2. The molecule has 0 atom stereocenters. The van der Waals surface area contributed by atoms with Crippen molar-refractivity contribution in [2.24, 2.45) is 0 Å². The van der Waals surface area contributed by atoms with Gasteiger partial charge in [0.2, 0.25) is 0 Å². The van der Waals surface area contributed by atoms with Crippen LogP contribution in [-0.2, 0) is 25.4 Å². The van der Waals surface area contributed by atoms with Crippen molar-refractivity contribution in [3.05, 3.63) is 56.6 Å². The first-order valence-corrected chi connectivity index (χ1v) is 11.0. The number of carbonyl (C=O) groups excluding carboxylic acids is 1. The van der Waals surface area contributed by atoms with Crippen molar-refractivity contribution in [3.63, 3.8) is 0 Å². The predicted octanol–water partition coefficient (Wildman–Crippen LogP) is 3.49. The average molecular weight is 495 g/mol. The Kier molecular flexibility index (Phi) is 10.5. The maximum atomic E-state index is 12.5. The van der Waals surface area contributed by atoms with Gasteiger partial charge in [0.05, 0.1) is 28.2 Å². The SMILES string of the molecule is CCCOC(COC(=O)n1cnc(CCNc2ccc([N+](=O)[O-])cc2[N+](=O)[O-])c1)(OCC)OCC. The number of anilines is 1. The highest BCUT2D eigenvalue weighted by atomic mass is 16.9. The van der Waals surface area contributed by atoms with Crippen LogP contribution in [0, 0.1) is 20.2 Å². The summed E-state index contributed by atoms with van der Waals surface area (Å²) in [5.41, 5.74) is -0.139. The monoisotopic (exact) mass is 495 g/mol. The summed E-state index contributed by atoms with van der Waals surface area (Å²) in [5, 5.41) is 24.9. The highest BCUT2D eigenvalue weighted by Crippen LogP contribution is 2.28. The van der Waals surface area contributed by atoms with Crippen LogP contribution in [0.25, 0.3) is 0 Å². The van der Waals surface area contributed by atoms with Gasteiger partial charge in [0.15, 0.2) is 6.61 Å². The van der Waals surface area contributed by atoms with Crippen molar-refractivity contribution in [3.8, 4) is 0 Å². The van der Waals surface area contributed by atoms with E-state index in [1.165, 1.54) is 24.7 Å². The summed E-state index contributed by atoms with van der Waals surface area (Å²) in [4.78, 5) is 37.3. The molecule has 0 amide bonds. The molecule has 2 aromatic rings. The van der Waals surface area contributed by atoms with Gasteiger partial charge < -0.3 is 24.3 Å². The van der Waals surface area contributed by atoms with Crippen LogP contribution in [0.15, 0.2) is 30.7 Å². The van der Waals surface area contributed by atoms with E-state index in [4.69, 9.17) is 18.9 Å². The van der Waals surface area contributed by atoms with E-state index in [-0.39, 0.29) is 37.7 Å². The maximum Gasteiger partial charge on any atom is 0.419 e. The fourth-order valence-corrected chi connectivity index (χ4v) is 3.02. The van der Waals surface area contributed by atoms with Crippen molar-refractivity contribution in [2.45, 2.75) is 39.6 Å². The van der Waals surface area contributed by atoms with E-state index >= 15 is 0 Å². The summed E-state index contributed by atoms with van der Waals surface area (Å²) in [6.07, 6.45) is 3.06. The van der Waals surface area contributed by atoms with Crippen LogP contribution in [0.2, 0.25) is 0 Å². The Morgan fingerprint density at radius 1 is 1.11 bits per heavy atom. The Morgan fingerprint density at radius 3 is 2.43 bits per heavy atom. The number of ether oxygens (including phenoxy) is 4. The van der Waals surface area contributed by atoms with Gasteiger partial charge in [-0.05, 0) is 26.3 Å². The third-order valence-corrected chi connectivity index (χ3v) is 4.56. The Bertz CT molecular complexity index is 1000. The molecule has 0 aliphatic heterocycles. The number of imidazole rings is 1. The second kappa shape index (κ2) is 13.3. The van der Waals surface area contributed by atoms with Crippen LogP contribution in [0.4, 0.5) is 21.9 Å². The minimum atomic E-state index is -1.50. The largest absolute Gasteiger partial charge is 0.440 e. The number of nitrogens with one attached hydrogen (secondary N) is 1. The Labute approximate surface area is 201 Å². The molecular formula is C21H29N5O9. The van der Waals surface area contributed by atoms with Crippen LogP contribution in [-0.4, -0.2) is 64.4 Å². The van der Waals surface area contributed by atoms with Crippen molar-refractivity contribution >= 4 is 23.2 Å². The molecule has 0 bridgehead atoms. The van der Waals surface area contributed by atoms with Gasteiger partial charge in [-0.3, -0.25) is 20.2 Å². The number of nitro benzene ring substituents is 2. The van der Waals surface area contributed by atoms with E-state index in [9.17, 15) is 25.0 Å². The van der Waals surface area contributed by atoms with Gasteiger partial charge in [-0.1, -0.05) is 6.92 Å². The number of aromatic nitrogens is 2. The zero-order valence-corrected chi connectivity index (χ0v) is 19.8. The lowest BCUT2D eigenvalue weighted by Crippen LogP contribution is -2.45. The quantitative estimate of drug-likeness (QED) is 0.218. The molecule has 35 heavy (non-hydrogen) atoms. The normalized spacial score (nSPS) is 11.3. The molecule has 0 saturated carbocycles. The first kappa shape index (κ1) is 27.6. The van der Waals surface area contributed by atoms with Gasteiger partial charge in [0, 0.05) is 38.4 Å². The van der Waals surface area contributed by atoms with Crippen LogP contribution >= 0.6 is 0 Å². The number of hydrogen-bond donors (Lipinski definition) is 1. The molecule has 1 heterocycles. The Hall–Kier alpha value is -3.62. The van der Waals surface area contributed by atoms with Gasteiger partial charge >= 0.3 is 12.1 Å². The second-order valence-corrected chi connectivity index (χ2v) is 7.12. The number of carbonyl (C=O) groups is 1. The average Bonchev–Trinajstić information content (AvgIpc) is 3.30. The molecule has 0 spiro atoms. The molecule has 0 saturated heterocycles. The lowest BCUT2D eigenvalue weighted by atomic mass is 10.2. The molecular weight excluding hydrogens is 466 g/mol. The fourth-order valence-electron chi connectivity index (χ4n) is 3.02. The molecule has 1 aromatic heterocycles. The number of benzene rings is 1. The molecule has 0 aliphatic rings. The van der Waals surface area contributed by atoms with Crippen molar-refractivity contribution in [1.29, 1.82) is 0 Å². The second-order valence-electron chi connectivity index (χ2n) is 7.12. The molecule has 14 heteroatoms. The zero-order chi connectivity index (χ0) is 25.8. The Morgan fingerprint density at radius 2 is 1.83 bits per heavy atom.